The maximum Gasteiger partial charge on any atom is 0.260 e. The molecule has 26 heavy (non-hydrogen) atoms. The van der Waals surface area contributed by atoms with E-state index in [4.69, 9.17) is 16.3 Å². The number of nitrogens with one attached hydrogen (secondary N) is 1. The number of H-pyrrole nitrogens is 1. The highest BCUT2D eigenvalue weighted by Gasteiger charge is 2.13. The van der Waals surface area contributed by atoms with Crippen molar-refractivity contribution in [3.8, 4) is 16.9 Å². The molecule has 0 saturated heterocycles. The van der Waals surface area contributed by atoms with Crippen LogP contribution < -0.4 is 10.3 Å². The molecule has 4 rings (SSSR count). The number of nitrogens with zero attached hydrogens (tertiary/aromatic N) is 1. The molecule has 2 aromatic carbocycles. The minimum atomic E-state index is -0.127. The van der Waals surface area contributed by atoms with Crippen LogP contribution in [0.2, 0.25) is 5.02 Å². The number of hydrogen-bond acceptors (Lipinski definition) is 4. The molecule has 4 nitrogen and oxygen atoms in total. The van der Waals surface area contributed by atoms with Gasteiger partial charge < -0.3 is 9.72 Å². The van der Waals surface area contributed by atoms with Crippen LogP contribution in [0.5, 0.6) is 5.75 Å². The van der Waals surface area contributed by atoms with Gasteiger partial charge >= 0.3 is 0 Å². The highest BCUT2D eigenvalue weighted by molar-refractivity contribution is 7.17. The average molecular weight is 383 g/mol. The number of fused-ring (bicyclic) bond motifs is 1. The minimum absolute atomic E-state index is 0.127. The van der Waals surface area contributed by atoms with Crippen molar-refractivity contribution in [2.24, 2.45) is 0 Å². The van der Waals surface area contributed by atoms with Gasteiger partial charge in [-0.25, -0.2) is 4.98 Å². The summed E-state index contributed by atoms with van der Waals surface area (Å²) in [4.78, 5) is 21.0. The number of hydrogen-bond donors (Lipinski definition) is 1. The molecule has 1 N–H and O–H groups in total. The third-order valence-corrected chi connectivity index (χ3v) is 5.28. The molecule has 130 valence electrons. The fourth-order valence-electron chi connectivity index (χ4n) is 2.88. The Morgan fingerprint density at radius 2 is 2.00 bits per heavy atom. The second-order valence-corrected chi connectivity index (χ2v) is 7.17. The molecule has 0 spiro atoms. The van der Waals surface area contributed by atoms with Crippen molar-refractivity contribution in [2.45, 2.75) is 6.42 Å². The zero-order valence-electron chi connectivity index (χ0n) is 14.0. The molecule has 6 heteroatoms. The van der Waals surface area contributed by atoms with E-state index >= 15 is 0 Å². The van der Waals surface area contributed by atoms with E-state index in [0.29, 0.717) is 22.7 Å². The molecule has 0 bridgehead atoms. The van der Waals surface area contributed by atoms with Gasteiger partial charge in [0, 0.05) is 22.4 Å². The Morgan fingerprint density at radius 1 is 1.19 bits per heavy atom. The molecular formula is C20H15ClN2O2S. The summed E-state index contributed by atoms with van der Waals surface area (Å²) >= 11 is 7.39. The largest absolute Gasteiger partial charge is 0.497 e. The van der Waals surface area contributed by atoms with Gasteiger partial charge in [0.05, 0.1) is 12.5 Å². The molecular weight excluding hydrogens is 368 g/mol. The van der Waals surface area contributed by atoms with E-state index in [1.165, 1.54) is 11.3 Å². The van der Waals surface area contributed by atoms with Gasteiger partial charge in [0.15, 0.2) is 0 Å². The predicted octanol–water partition coefficient (Wildman–Crippen LogP) is 4.90. The molecule has 0 fully saturated rings. The molecule has 0 atom stereocenters. The van der Waals surface area contributed by atoms with Crippen LogP contribution in [0.25, 0.3) is 21.3 Å². The van der Waals surface area contributed by atoms with E-state index in [-0.39, 0.29) is 5.56 Å². The van der Waals surface area contributed by atoms with Crippen molar-refractivity contribution in [1.82, 2.24) is 9.97 Å². The van der Waals surface area contributed by atoms with Crippen LogP contribution in [0.1, 0.15) is 11.4 Å². The third-order valence-electron chi connectivity index (χ3n) is 4.16. The molecule has 2 heterocycles. The van der Waals surface area contributed by atoms with Gasteiger partial charge in [0.25, 0.3) is 5.56 Å². The summed E-state index contributed by atoms with van der Waals surface area (Å²) in [6, 6.07) is 15.2. The molecule has 0 amide bonds. The van der Waals surface area contributed by atoms with Crippen LogP contribution in [0, 0.1) is 0 Å². The Balaban J connectivity index is 1.75. The van der Waals surface area contributed by atoms with E-state index in [9.17, 15) is 4.79 Å². The lowest BCUT2D eigenvalue weighted by Crippen LogP contribution is -2.11. The lowest BCUT2D eigenvalue weighted by Gasteiger charge is -2.04. The molecule has 2 aromatic heterocycles. The van der Waals surface area contributed by atoms with Gasteiger partial charge in [-0.15, -0.1) is 11.3 Å². The van der Waals surface area contributed by atoms with Gasteiger partial charge in [-0.1, -0.05) is 35.9 Å². The highest BCUT2D eigenvalue weighted by Crippen LogP contribution is 2.32. The number of thiophene rings is 1. The molecule has 0 unspecified atom stereocenters. The maximum atomic E-state index is 12.7. The monoisotopic (exact) mass is 382 g/mol. The zero-order chi connectivity index (χ0) is 18.1. The van der Waals surface area contributed by atoms with Crippen LogP contribution in [-0.4, -0.2) is 17.1 Å². The fourth-order valence-corrected chi connectivity index (χ4v) is 3.97. The summed E-state index contributed by atoms with van der Waals surface area (Å²) in [5, 5.41) is 3.27. The number of aromatic nitrogens is 2. The van der Waals surface area contributed by atoms with E-state index in [1.54, 1.807) is 7.11 Å². The summed E-state index contributed by atoms with van der Waals surface area (Å²) in [6.45, 7) is 0. The van der Waals surface area contributed by atoms with Gasteiger partial charge in [-0.05, 0) is 35.4 Å². The number of rotatable bonds is 4. The predicted molar refractivity (Wildman–Crippen MR) is 106 cm³/mol. The number of aromatic amines is 1. The Morgan fingerprint density at radius 3 is 2.77 bits per heavy atom. The number of benzene rings is 2. The average Bonchev–Trinajstić information content (AvgIpc) is 3.08. The maximum absolute atomic E-state index is 12.7. The number of halogens is 1. The Bertz CT molecular complexity index is 1130. The highest BCUT2D eigenvalue weighted by atomic mass is 35.5. The molecule has 0 aliphatic heterocycles. The van der Waals surface area contributed by atoms with Crippen molar-refractivity contribution < 1.29 is 4.74 Å². The molecule has 0 saturated carbocycles. The van der Waals surface area contributed by atoms with Crippen molar-refractivity contribution in [1.29, 1.82) is 0 Å². The van der Waals surface area contributed by atoms with Crippen LogP contribution in [0.3, 0.4) is 0 Å². The van der Waals surface area contributed by atoms with E-state index in [0.717, 1.165) is 27.3 Å². The van der Waals surface area contributed by atoms with Crippen LogP contribution in [-0.2, 0) is 6.42 Å². The summed E-state index contributed by atoms with van der Waals surface area (Å²) in [5.41, 5.74) is 2.73. The van der Waals surface area contributed by atoms with Crippen LogP contribution >= 0.6 is 22.9 Å². The topological polar surface area (TPSA) is 55.0 Å². The first-order valence-corrected chi connectivity index (χ1v) is 9.29. The molecule has 4 aromatic rings. The van der Waals surface area contributed by atoms with Crippen molar-refractivity contribution in [3.63, 3.8) is 0 Å². The second-order valence-electron chi connectivity index (χ2n) is 5.88. The standard InChI is InChI=1S/C20H15ClN2O2S/c1-25-15-4-2-3-13(10-15)16-11-26-20-18(16)19(24)22-17(23-20)9-12-5-7-14(21)8-6-12/h2-8,10-11H,9H2,1H3,(H,22,23,24). The molecule has 0 radical (unpaired) electrons. The fraction of sp³-hybridized carbons (Fsp3) is 0.100. The zero-order valence-corrected chi connectivity index (χ0v) is 15.5. The number of methoxy groups -OCH3 is 1. The second kappa shape index (κ2) is 6.94. The number of ether oxygens (including phenoxy) is 1. The SMILES string of the molecule is COc1cccc(-c2csc3nc(Cc4ccc(Cl)cc4)[nH]c(=O)c23)c1. The third kappa shape index (κ3) is 3.23. The first-order chi connectivity index (χ1) is 12.6. The van der Waals surface area contributed by atoms with E-state index in [2.05, 4.69) is 9.97 Å². The van der Waals surface area contributed by atoms with Gasteiger partial charge in [0.1, 0.15) is 16.4 Å². The van der Waals surface area contributed by atoms with E-state index < -0.39 is 0 Å². The smallest absolute Gasteiger partial charge is 0.260 e. The first kappa shape index (κ1) is 16.8. The first-order valence-electron chi connectivity index (χ1n) is 8.03. The van der Waals surface area contributed by atoms with Crippen LogP contribution in [0.15, 0.2) is 58.7 Å². The Kier molecular flexibility index (Phi) is 4.49. The summed E-state index contributed by atoms with van der Waals surface area (Å²) < 4.78 is 5.28. The summed E-state index contributed by atoms with van der Waals surface area (Å²) in [6.07, 6.45) is 0.550. The normalized spacial score (nSPS) is 11.0. The summed E-state index contributed by atoms with van der Waals surface area (Å²) in [5.74, 6) is 1.40. The summed E-state index contributed by atoms with van der Waals surface area (Å²) in [7, 11) is 1.63. The van der Waals surface area contributed by atoms with Crippen molar-refractivity contribution in [2.75, 3.05) is 7.11 Å². The van der Waals surface area contributed by atoms with Crippen molar-refractivity contribution in [3.05, 3.63) is 80.7 Å². The molecule has 0 aliphatic carbocycles. The van der Waals surface area contributed by atoms with E-state index in [1.807, 2.05) is 53.9 Å². The quantitative estimate of drug-likeness (QED) is 0.546. The minimum Gasteiger partial charge on any atom is -0.497 e. The molecule has 0 aliphatic rings. The van der Waals surface area contributed by atoms with Gasteiger partial charge in [-0.2, -0.15) is 0 Å². The van der Waals surface area contributed by atoms with Gasteiger partial charge in [0.2, 0.25) is 0 Å². The van der Waals surface area contributed by atoms with Crippen LogP contribution in [0.4, 0.5) is 0 Å². The lowest BCUT2D eigenvalue weighted by molar-refractivity contribution is 0.415. The van der Waals surface area contributed by atoms with Crippen molar-refractivity contribution >= 4 is 33.2 Å². The lowest BCUT2D eigenvalue weighted by atomic mass is 10.1. The van der Waals surface area contributed by atoms with Gasteiger partial charge in [-0.3, -0.25) is 4.79 Å². The Labute approximate surface area is 159 Å². The Hall–Kier alpha value is -2.63.